The van der Waals surface area contributed by atoms with Gasteiger partial charge in [0, 0.05) is 12.6 Å². The monoisotopic (exact) mass is 360 g/mol. The number of benzene rings is 1. The van der Waals surface area contributed by atoms with E-state index in [2.05, 4.69) is 23.5 Å². The Bertz CT molecular complexity index is 626. The van der Waals surface area contributed by atoms with Crippen LogP contribution in [0.3, 0.4) is 0 Å². The minimum atomic E-state index is -3.54. The number of rotatable bonds is 6. The van der Waals surface area contributed by atoms with Crippen LogP contribution in [0.4, 0.5) is 0 Å². The van der Waals surface area contributed by atoms with E-state index in [1.54, 1.807) is 6.07 Å². The Balaban J connectivity index is 1.93. The average molecular weight is 361 g/mol. The fraction of sp³-hybridized carbons (Fsp3) is 0.625. The third kappa shape index (κ3) is 4.83. The maximum Gasteiger partial charge on any atom is 0.240 e. The predicted octanol–water partition coefficient (Wildman–Crippen LogP) is 2.75. The fourth-order valence-electron chi connectivity index (χ4n) is 2.80. The highest BCUT2D eigenvalue weighted by Gasteiger charge is 2.23. The Morgan fingerprint density at radius 3 is 2.52 bits per heavy atom. The smallest absolute Gasteiger partial charge is 0.240 e. The molecule has 0 spiro atoms. The summed E-state index contributed by atoms with van der Waals surface area (Å²) >= 11 is 6.01. The molecule has 1 aromatic carbocycles. The Kier molecular flexibility index (Phi) is 6.31. The fourth-order valence-corrected chi connectivity index (χ4v) is 4.26. The quantitative estimate of drug-likeness (QED) is 0.847. The zero-order valence-corrected chi connectivity index (χ0v) is 15.5. The molecule has 0 unspecified atom stereocenters. The highest BCUT2D eigenvalue weighted by Crippen LogP contribution is 2.27. The zero-order valence-electron chi connectivity index (χ0n) is 13.9. The first-order valence-electron chi connectivity index (χ1n) is 7.90. The van der Waals surface area contributed by atoms with Gasteiger partial charge in [-0.15, -0.1) is 0 Å². The van der Waals surface area contributed by atoms with Crippen molar-refractivity contribution in [3.63, 3.8) is 0 Å². The minimum Gasteiger partial charge on any atom is -0.495 e. The second-order valence-electron chi connectivity index (χ2n) is 6.22. The molecule has 130 valence electrons. The molecule has 0 atom stereocenters. The van der Waals surface area contributed by atoms with Crippen LogP contribution in [-0.4, -0.2) is 46.1 Å². The van der Waals surface area contributed by atoms with Crippen molar-refractivity contribution in [3.8, 4) is 5.75 Å². The van der Waals surface area contributed by atoms with Crippen LogP contribution < -0.4 is 9.46 Å². The van der Waals surface area contributed by atoms with E-state index < -0.39 is 10.0 Å². The lowest BCUT2D eigenvalue weighted by Crippen LogP contribution is -2.41. The van der Waals surface area contributed by atoms with Gasteiger partial charge in [-0.25, -0.2) is 13.1 Å². The third-order valence-electron chi connectivity index (χ3n) is 4.38. The highest BCUT2D eigenvalue weighted by molar-refractivity contribution is 7.89. The number of nitrogens with zero attached hydrogens (tertiary/aromatic N) is 1. The van der Waals surface area contributed by atoms with Crippen LogP contribution >= 0.6 is 11.6 Å². The third-order valence-corrected chi connectivity index (χ3v) is 6.09. The van der Waals surface area contributed by atoms with Crippen LogP contribution in [0.2, 0.25) is 5.02 Å². The summed E-state index contributed by atoms with van der Waals surface area (Å²) in [7, 11) is -2.04. The van der Waals surface area contributed by atoms with Crippen molar-refractivity contribution >= 4 is 21.6 Å². The molecular weight excluding hydrogens is 336 g/mol. The van der Waals surface area contributed by atoms with E-state index in [9.17, 15) is 8.42 Å². The van der Waals surface area contributed by atoms with Gasteiger partial charge in [0.1, 0.15) is 5.75 Å². The van der Waals surface area contributed by atoms with E-state index in [0.717, 1.165) is 25.9 Å². The molecule has 0 bridgehead atoms. The lowest BCUT2D eigenvalue weighted by atomic mass is 9.96. The van der Waals surface area contributed by atoms with Crippen molar-refractivity contribution in [2.24, 2.45) is 5.92 Å². The number of nitrogens with one attached hydrogen (secondary N) is 1. The van der Waals surface area contributed by atoms with Gasteiger partial charge >= 0.3 is 0 Å². The minimum absolute atomic E-state index is 0.169. The van der Waals surface area contributed by atoms with Gasteiger partial charge in [-0.2, -0.15) is 0 Å². The Morgan fingerprint density at radius 1 is 1.35 bits per heavy atom. The molecule has 1 aliphatic rings. The van der Waals surface area contributed by atoms with E-state index in [1.165, 1.54) is 19.2 Å². The molecule has 1 aliphatic heterocycles. The zero-order chi connectivity index (χ0) is 17.0. The number of likely N-dealkylation sites (tertiary alicyclic amines) is 1. The van der Waals surface area contributed by atoms with Gasteiger partial charge in [-0.05, 0) is 63.9 Å². The Morgan fingerprint density at radius 2 is 2.00 bits per heavy atom. The van der Waals surface area contributed by atoms with Gasteiger partial charge in [0.15, 0.2) is 0 Å². The standard InChI is InChI=1S/C16H25ClN2O3S/c1-12(2)19-8-6-13(7-9-19)11-18-23(20,21)14-4-5-16(22-3)15(17)10-14/h4-5,10,12-13,18H,6-9,11H2,1-3H3. The van der Waals surface area contributed by atoms with Gasteiger partial charge in [0.25, 0.3) is 0 Å². The number of piperidine rings is 1. The van der Waals surface area contributed by atoms with Gasteiger partial charge in [-0.1, -0.05) is 11.6 Å². The lowest BCUT2D eigenvalue weighted by Gasteiger charge is -2.34. The molecule has 1 heterocycles. The van der Waals surface area contributed by atoms with E-state index in [4.69, 9.17) is 16.3 Å². The van der Waals surface area contributed by atoms with E-state index in [-0.39, 0.29) is 4.90 Å². The van der Waals surface area contributed by atoms with Gasteiger partial charge in [-0.3, -0.25) is 0 Å². The van der Waals surface area contributed by atoms with Gasteiger partial charge in [0.2, 0.25) is 10.0 Å². The number of methoxy groups -OCH3 is 1. The molecule has 0 aromatic heterocycles. The average Bonchev–Trinajstić information content (AvgIpc) is 2.53. The molecule has 0 amide bonds. The van der Waals surface area contributed by atoms with Crippen molar-refractivity contribution in [1.82, 2.24) is 9.62 Å². The summed E-state index contributed by atoms with van der Waals surface area (Å²) in [6.07, 6.45) is 2.04. The molecule has 0 aliphatic carbocycles. The molecule has 0 radical (unpaired) electrons. The van der Waals surface area contributed by atoms with Crippen molar-refractivity contribution in [2.45, 2.75) is 37.6 Å². The van der Waals surface area contributed by atoms with E-state index >= 15 is 0 Å². The molecule has 23 heavy (non-hydrogen) atoms. The first-order valence-corrected chi connectivity index (χ1v) is 9.77. The Hall–Kier alpha value is -0.820. The molecule has 1 N–H and O–H groups in total. The molecule has 5 nitrogen and oxygen atoms in total. The molecule has 7 heteroatoms. The van der Waals surface area contributed by atoms with Gasteiger partial charge in [0.05, 0.1) is 17.0 Å². The second kappa shape index (κ2) is 7.83. The number of ether oxygens (including phenoxy) is 1. The van der Waals surface area contributed by atoms with Crippen molar-refractivity contribution in [3.05, 3.63) is 23.2 Å². The highest BCUT2D eigenvalue weighted by atomic mass is 35.5. The maximum atomic E-state index is 12.4. The van der Waals surface area contributed by atoms with E-state index in [0.29, 0.717) is 29.3 Å². The molecule has 2 rings (SSSR count). The number of hydrogen-bond donors (Lipinski definition) is 1. The van der Waals surface area contributed by atoms with Crippen LogP contribution in [0.5, 0.6) is 5.75 Å². The molecule has 1 saturated heterocycles. The number of halogens is 1. The van der Waals surface area contributed by atoms with Crippen molar-refractivity contribution in [1.29, 1.82) is 0 Å². The number of hydrogen-bond acceptors (Lipinski definition) is 4. The molecule has 1 aromatic rings. The summed E-state index contributed by atoms with van der Waals surface area (Å²) in [5.41, 5.74) is 0. The summed E-state index contributed by atoms with van der Waals surface area (Å²) < 4.78 is 32.5. The molecule has 0 saturated carbocycles. The second-order valence-corrected chi connectivity index (χ2v) is 8.40. The summed E-state index contributed by atoms with van der Waals surface area (Å²) in [5, 5.41) is 0.292. The van der Waals surface area contributed by atoms with Crippen LogP contribution in [0.1, 0.15) is 26.7 Å². The summed E-state index contributed by atoms with van der Waals surface area (Å²) in [6, 6.07) is 5.05. The van der Waals surface area contributed by atoms with Crippen molar-refractivity contribution < 1.29 is 13.2 Å². The van der Waals surface area contributed by atoms with Crippen LogP contribution in [0.25, 0.3) is 0 Å². The summed E-state index contributed by atoms with van der Waals surface area (Å²) in [6.45, 7) is 6.90. The first-order chi connectivity index (χ1) is 10.8. The van der Waals surface area contributed by atoms with Crippen LogP contribution in [0, 0.1) is 5.92 Å². The Labute approximate surface area is 144 Å². The normalized spacial score (nSPS) is 17.6. The molecular formula is C16H25ClN2O3S. The summed E-state index contributed by atoms with van der Waals surface area (Å²) in [4.78, 5) is 2.59. The maximum absolute atomic E-state index is 12.4. The topological polar surface area (TPSA) is 58.6 Å². The summed E-state index contributed by atoms with van der Waals surface area (Å²) in [5.74, 6) is 0.847. The van der Waals surface area contributed by atoms with Crippen LogP contribution in [0.15, 0.2) is 23.1 Å². The van der Waals surface area contributed by atoms with E-state index in [1.807, 2.05) is 0 Å². The molecule has 1 fully saturated rings. The SMILES string of the molecule is COc1ccc(S(=O)(=O)NCC2CCN(C(C)C)CC2)cc1Cl. The largest absolute Gasteiger partial charge is 0.495 e. The lowest BCUT2D eigenvalue weighted by molar-refractivity contribution is 0.151. The van der Waals surface area contributed by atoms with Gasteiger partial charge < -0.3 is 9.64 Å². The first kappa shape index (κ1) is 18.5. The van der Waals surface area contributed by atoms with Crippen LogP contribution in [-0.2, 0) is 10.0 Å². The number of sulfonamides is 1. The predicted molar refractivity (Wildman–Crippen MR) is 92.6 cm³/mol. The van der Waals surface area contributed by atoms with Crippen molar-refractivity contribution in [2.75, 3.05) is 26.7 Å².